The maximum atomic E-state index is 14.5. The molecule has 3 aliphatic heterocycles. The quantitative estimate of drug-likeness (QED) is 0.0700. The molecule has 0 unspecified atom stereocenters. The Balaban J connectivity index is 1.38. The summed E-state index contributed by atoms with van der Waals surface area (Å²) in [6.07, 6.45) is -6.86. The summed E-state index contributed by atoms with van der Waals surface area (Å²) in [6.45, 7) is 19.5. The molecule has 3 saturated heterocycles. The zero-order chi connectivity index (χ0) is 52.7. The molecule has 0 radical (unpaired) electrons. The Hall–Kier alpha value is -3.29. The van der Waals surface area contributed by atoms with Crippen molar-refractivity contribution in [2.45, 2.75) is 205 Å². The van der Waals surface area contributed by atoms with E-state index < -0.39 is 107 Å². The van der Waals surface area contributed by atoms with Crippen LogP contribution in [0, 0.1) is 27.9 Å². The highest BCUT2D eigenvalue weighted by Gasteiger charge is 2.53. The van der Waals surface area contributed by atoms with Gasteiger partial charge < -0.3 is 68.5 Å². The standard InChI is InChI=1S/C50H84N6O15/c1-14-39-50(10,62)43(58)33(6)54(12)26-29(2)24-48(8,61)45(31(4)42(32(5)46(60)69-39)70-40-25-49(9,65-13)44(59)34(7)68-40)71-47-41(57)38(23-30(3)67-47)53(11)20-19-36-27-55(52-51-36)21-22-66-28-35-15-17-37(18-16-35)56(63)64/h15-18,27,29-34,38-45,47,57-59,61-62H,14,19-26,28H2,1-13H3/t29-,30-,31+,32-,33-,34+,38+,39-,40+,41-,42+,43-,44+,45-,47+,48-,49-,50-/m1/s1. The third-order valence-electron chi connectivity index (χ3n) is 15.3. The van der Waals surface area contributed by atoms with Crippen LogP contribution in [0.1, 0.15) is 106 Å². The zero-order valence-corrected chi connectivity index (χ0v) is 44.1. The average Bonchev–Trinajstić information content (AvgIpc) is 3.78. The molecule has 5 N–H and O–H groups in total. The van der Waals surface area contributed by atoms with E-state index in [4.69, 9.17) is 33.2 Å². The van der Waals surface area contributed by atoms with Crippen molar-refractivity contribution in [3.63, 3.8) is 0 Å². The maximum Gasteiger partial charge on any atom is 0.311 e. The minimum absolute atomic E-state index is 0.0189. The van der Waals surface area contributed by atoms with Crippen molar-refractivity contribution < 1.29 is 68.4 Å². The normalized spacial score (nSPS) is 39.4. The van der Waals surface area contributed by atoms with Crippen molar-refractivity contribution in [1.82, 2.24) is 24.8 Å². The van der Waals surface area contributed by atoms with Crippen LogP contribution in [0.15, 0.2) is 30.5 Å². The van der Waals surface area contributed by atoms with E-state index >= 15 is 0 Å². The number of nitro benzene ring substituents is 1. The molecule has 3 fully saturated rings. The number of benzene rings is 1. The number of nitrogens with zero attached hydrogens (tertiary/aromatic N) is 6. The number of aromatic nitrogens is 3. The Kier molecular flexibility index (Phi) is 20.5. The molecular weight excluding hydrogens is 925 g/mol. The van der Waals surface area contributed by atoms with E-state index in [1.165, 1.54) is 26.2 Å². The highest BCUT2D eigenvalue weighted by molar-refractivity contribution is 5.73. The SMILES string of the molecule is CC[C@H]1OC(=O)[C@H](C)[C@@H](O[C@H]2C[C@@](C)(OC)[C@@H](O)[C@H](C)O2)[C@H](C)[C@@H](O[C@@H]2O[C@H](C)C[C@H](N(C)CCc3cn(CCOCc4ccc([N+](=O)[O-])cc4)nn3)[C@H]2O)[C@](C)(O)C[C@@H](C)CN(C)[C@H](C)[C@@H](O)[C@]1(C)O. The van der Waals surface area contributed by atoms with Gasteiger partial charge in [0.25, 0.3) is 5.69 Å². The Morgan fingerprint density at radius 1 is 0.986 bits per heavy atom. The van der Waals surface area contributed by atoms with Crippen molar-refractivity contribution in [1.29, 1.82) is 0 Å². The van der Waals surface area contributed by atoms with Crippen LogP contribution in [-0.4, -0.2) is 192 Å². The molecule has 71 heavy (non-hydrogen) atoms. The third kappa shape index (κ3) is 14.5. The molecule has 18 atom stereocenters. The lowest BCUT2D eigenvalue weighted by Gasteiger charge is -2.49. The topological polar surface area (TPSA) is 263 Å². The largest absolute Gasteiger partial charge is 0.459 e. The van der Waals surface area contributed by atoms with Gasteiger partial charge in [-0.25, -0.2) is 4.68 Å². The first-order valence-corrected chi connectivity index (χ1v) is 25.2. The number of non-ortho nitro benzene ring substituents is 1. The Morgan fingerprint density at radius 3 is 2.30 bits per heavy atom. The van der Waals surface area contributed by atoms with Gasteiger partial charge in [-0.1, -0.05) is 26.0 Å². The lowest BCUT2D eigenvalue weighted by atomic mass is 9.77. The van der Waals surface area contributed by atoms with E-state index in [1.807, 2.05) is 43.9 Å². The van der Waals surface area contributed by atoms with E-state index in [1.54, 1.807) is 65.3 Å². The number of esters is 1. The smallest absolute Gasteiger partial charge is 0.311 e. The predicted molar refractivity (Wildman–Crippen MR) is 260 cm³/mol. The van der Waals surface area contributed by atoms with Gasteiger partial charge in [-0.15, -0.1) is 5.10 Å². The molecule has 2 aromatic rings. The first-order chi connectivity index (χ1) is 33.2. The summed E-state index contributed by atoms with van der Waals surface area (Å²) in [4.78, 5) is 28.9. The van der Waals surface area contributed by atoms with Gasteiger partial charge in [-0.05, 0) is 105 Å². The molecule has 0 aliphatic carbocycles. The van der Waals surface area contributed by atoms with Gasteiger partial charge in [0.1, 0.15) is 30.0 Å². The number of ether oxygens (including phenoxy) is 7. The Bertz CT molecular complexity index is 1990. The summed E-state index contributed by atoms with van der Waals surface area (Å²) >= 11 is 0. The molecule has 404 valence electrons. The number of aliphatic hydroxyl groups is 5. The lowest BCUT2D eigenvalue weighted by Crippen LogP contribution is -2.61. The molecule has 4 heterocycles. The van der Waals surface area contributed by atoms with Crippen LogP contribution in [-0.2, 0) is 57.5 Å². The van der Waals surface area contributed by atoms with Crippen LogP contribution in [0.4, 0.5) is 5.69 Å². The number of carbonyl (C=O) groups excluding carboxylic acids is 1. The summed E-state index contributed by atoms with van der Waals surface area (Å²) in [6, 6.07) is 5.19. The second-order valence-electron chi connectivity index (χ2n) is 21.4. The number of carbonyl (C=O) groups is 1. The average molecular weight is 1010 g/mol. The van der Waals surface area contributed by atoms with Crippen molar-refractivity contribution >= 4 is 11.7 Å². The van der Waals surface area contributed by atoms with E-state index in [0.717, 1.165) is 11.3 Å². The minimum Gasteiger partial charge on any atom is -0.459 e. The number of rotatable bonds is 16. The van der Waals surface area contributed by atoms with E-state index in [0.29, 0.717) is 45.7 Å². The number of aliphatic hydroxyl groups excluding tert-OH is 3. The molecule has 0 bridgehead atoms. The third-order valence-corrected chi connectivity index (χ3v) is 15.3. The van der Waals surface area contributed by atoms with E-state index in [-0.39, 0.29) is 37.0 Å². The van der Waals surface area contributed by atoms with Crippen molar-refractivity contribution in [2.75, 3.05) is 40.9 Å². The van der Waals surface area contributed by atoms with Gasteiger partial charge >= 0.3 is 5.97 Å². The summed E-state index contributed by atoms with van der Waals surface area (Å²) in [5.41, 5.74) is -2.99. The first kappa shape index (κ1) is 58.6. The zero-order valence-electron chi connectivity index (χ0n) is 44.1. The molecule has 1 aromatic carbocycles. The Labute approximate surface area is 419 Å². The van der Waals surface area contributed by atoms with Gasteiger partial charge in [0.2, 0.25) is 0 Å². The molecule has 3 aliphatic rings. The summed E-state index contributed by atoms with van der Waals surface area (Å²) < 4.78 is 45.7. The van der Waals surface area contributed by atoms with Crippen molar-refractivity contribution in [3.05, 3.63) is 51.8 Å². The van der Waals surface area contributed by atoms with Gasteiger partial charge in [0, 0.05) is 69.4 Å². The van der Waals surface area contributed by atoms with Crippen LogP contribution in [0.25, 0.3) is 0 Å². The van der Waals surface area contributed by atoms with Crippen LogP contribution >= 0.6 is 0 Å². The van der Waals surface area contributed by atoms with Gasteiger partial charge in [-0.3, -0.25) is 14.9 Å². The van der Waals surface area contributed by atoms with Crippen molar-refractivity contribution in [3.8, 4) is 0 Å². The number of nitro groups is 1. The number of hydrogen-bond donors (Lipinski definition) is 5. The first-order valence-electron chi connectivity index (χ1n) is 25.2. The summed E-state index contributed by atoms with van der Waals surface area (Å²) in [5.74, 6) is -2.82. The molecule has 21 heteroatoms. The molecular formula is C50H84N6O15. The van der Waals surface area contributed by atoms with E-state index in [9.17, 15) is 40.4 Å². The number of cyclic esters (lactones) is 1. The number of hydrogen-bond acceptors (Lipinski definition) is 19. The summed E-state index contributed by atoms with van der Waals surface area (Å²) in [5, 5.41) is 79.1. The second-order valence-corrected chi connectivity index (χ2v) is 21.4. The van der Waals surface area contributed by atoms with Gasteiger partial charge in [0.15, 0.2) is 12.6 Å². The molecule has 0 saturated carbocycles. The minimum atomic E-state index is -1.84. The van der Waals surface area contributed by atoms with Crippen molar-refractivity contribution in [2.24, 2.45) is 17.8 Å². The second kappa shape index (κ2) is 24.8. The molecule has 1 aromatic heterocycles. The van der Waals surface area contributed by atoms with Crippen LogP contribution in [0.5, 0.6) is 0 Å². The predicted octanol–water partition coefficient (Wildman–Crippen LogP) is 3.23. The molecule has 5 rings (SSSR count). The van der Waals surface area contributed by atoms with Gasteiger partial charge in [-0.2, -0.15) is 0 Å². The Morgan fingerprint density at radius 2 is 1.66 bits per heavy atom. The molecule has 21 nitrogen and oxygen atoms in total. The van der Waals surface area contributed by atoms with Crippen LogP contribution < -0.4 is 0 Å². The van der Waals surface area contributed by atoms with E-state index in [2.05, 4.69) is 10.3 Å². The highest BCUT2D eigenvalue weighted by Crippen LogP contribution is 2.40. The summed E-state index contributed by atoms with van der Waals surface area (Å²) in [7, 11) is 5.23. The molecule has 0 amide bonds. The fraction of sp³-hybridized carbons (Fsp3) is 0.820. The lowest BCUT2D eigenvalue weighted by molar-refractivity contribution is -0.384. The fourth-order valence-corrected chi connectivity index (χ4v) is 10.7. The number of methoxy groups -OCH3 is 1. The molecule has 0 spiro atoms. The number of likely N-dealkylation sites (N-methyl/N-ethyl adjacent to an activating group) is 2. The fourth-order valence-electron chi connectivity index (χ4n) is 10.7. The maximum absolute atomic E-state index is 14.5. The monoisotopic (exact) mass is 1010 g/mol. The highest BCUT2D eigenvalue weighted by atomic mass is 16.7. The van der Waals surface area contributed by atoms with Gasteiger partial charge in [0.05, 0.1) is 71.9 Å². The van der Waals surface area contributed by atoms with Crippen LogP contribution in [0.2, 0.25) is 0 Å². The van der Waals surface area contributed by atoms with Crippen LogP contribution in [0.3, 0.4) is 0 Å².